The first kappa shape index (κ1) is 14.4. The van der Waals surface area contributed by atoms with Gasteiger partial charge in [0.1, 0.15) is 22.8 Å². The molecule has 114 valence electrons. The van der Waals surface area contributed by atoms with E-state index in [1.807, 2.05) is 0 Å². The molecule has 1 aliphatic rings. The molecular weight excluding hydrogens is 288 g/mol. The Morgan fingerprint density at radius 3 is 2.77 bits per heavy atom. The summed E-state index contributed by atoms with van der Waals surface area (Å²) in [6.45, 7) is 0. The minimum Gasteiger partial charge on any atom is -0.508 e. The molecule has 6 nitrogen and oxygen atoms in total. The van der Waals surface area contributed by atoms with E-state index in [0.717, 1.165) is 5.56 Å². The van der Waals surface area contributed by atoms with Crippen LogP contribution < -0.4 is 10.4 Å². The fourth-order valence-electron chi connectivity index (χ4n) is 2.29. The van der Waals surface area contributed by atoms with Crippen molar-refractivity contribution in [3.8, 4) is 11.5 Å². The van der Waals surface area contributed by atoms with E-state index in [4.69, 9.17) is 9.15 Å². The second kappa shape index (κ2) is 5.67. The molecule has 2 atom stereocenters. The molecule has 0 saturated heterocycles. The van der Waals surface area contributed by atoms with Gasteiger partial charge in [-0.05, 0) is 23.8 Å². The number of hydrogen-bond donors (Lipinski definition) is 3. The summed E-state index contributed by atoms with van der Waals surface area (Å²) in [6, 6.07) is 8.00. The third-order valence-electron chi connectivity index (χ3n) is 3.30. The first-order chi connectivity index (χ1) is 10.5. The molecule has 1 aromatic heterocycles. The van der Waals surface area contributed by atoms with Gasteiger partial charge in [-0.1, -0.05) is 18.2 Å². The van der Waals surface area contributed by atoms with Crippen LogP contribution in [0.5, 0.6) is 11.5 Å². The molecule has 0 amide bonds. The van der Waals surface area contributed by atoms with Crippen LogP contribution in [-0.4, -0.2) is 21.6 Å². The number of aromatic hydroxyl groups is 1. The maximum atomic E-state index is 11.9. The average molecular weight is 302 g/mol. The Morgan fingerprint density at radius 2 is 2.00 bits per heavy atom. The molecule has 2 heterocycles. The zero-order valence-corrected chi connectivity index (χ0v) is 11.5. The lowest BCUT2D eigenvalue weighted by molar-refractivity contribution is -0.0693. The smallest absolute Gasteiger partial charge is 0.345 e. The summed E-state index contributed by atoms with van der Waals surface area (Å²) < 4.78 is 10.3. The molecule has 0 saturated carbocycles. The Balaban J connectivity index is 1.94. The SMILES string of the molecule is O=c1oc(C=Cc2cccc(O)c2)cc2c1[C@@H](O)C[C@H](O)O2. The molecule has 0 spiro atoms. The fourth-order valence-corrected chi connectivity index (χ4v) is 2.29. The van der Waals surface area contributed by atoms with Crippen molar-refractivity contribution < 1.29 is 24.5 Å². The maximum Gasteiger partial charge on any atom is 0.345 e. The van der Waals surface area contributed by atoms with Crippen molar-refractivity contribution in [2.75, 3.05) is 0 Å². The largest absolute Gasteiger partial charge is 0.508 e. The van der Waals surface area contributed by atoms with Crippen molar-refractivity contribution in [2.45, 2.75) is 18.8 Å². The molecule has 1 aromatic carbocycles. The molecule has 3 rings (SSSR count). The highest BCUT2D eigenvalue weighted by atomic mass is 16.6. The van der Waals surface area contributed by atoms with Crippen LogP contribution in [0.15, 0.2) is 39.5 Å². The van der Waals surface area contributed by atoms with Crippen molar-refractivity contribution in [1.82, 2.24) is 0 Å². The van der Waals surface area contributed by atoms with E-state index < -0.39 is 18.0 Å². The first-order valence-electron chi connectivity index (χ1n) is 6.71. The molecule has 0 unspecified atom stereocenters. The van der Waals surface area contributed by atoms with E-state index in [1.54, 1.807) is 30.3 Å². The zero-order chi connectivity index (χ0) is 15.7. The number of fused-ring (bicyclic) bond motifs is 1. The number of aliphatic hydroxyl groups is 2. The maximum absolute atomic E-state index is 11.9. The average Bonchev–Trinajstić information content (AvgIpc) is 2.44. The quantitative estimate of drug-likeness (QED) is 0.780. The lowest BCUT2D eigenvalue weighted by Gasteiger charge is -2.24. The normalized spacial score (nSPS) is 20.6. The van der Waals surface area contributed by atoms with E-state index in [9.17, 15) is 20.1 Å². The summed E-state index contributed by atoms with van der Waals surface area (Å²) in [5, 5.41) is 28.7. The van der Waals surface area contributed by atoms with Crippen LogP contribution in [0.4, 0.5) is 0 Å². The van der Waals surface area contributed by atoms with Crippen molar-refractivity contribution in [3.63, 3.8) is 0 Å². The number of ether oxygens (including phenoxy) is 1. The van der Waals surface area contributed by atoms with Crippen LogP contribution in [0.2, 0.25) is 0 Å². The second-order valence-corrected chi connectivity index (χ2v) is 4.97. The summed E-state index contributed by atoms with van der Waals surface area (Å²) in [4.78, 5) is 11.9. The van der Waals surface area contributed by atoms with E-state index in [2.05, 4.69) is 0 Å². The Labute approximate surface area is 125 Å². The van der Waals surface area contributed by atoms with Gasteiger partial charge >= 0.3 is 5.63 Å². The zero-order valence-electron chi connectivity index (χ0n) is 11.5. The lowest BCUT2D eigenvalue weighted by atomic mass is 10.0. The molecule has 22 heavy (non-hydrogen) atoms. The van der Waals surface area contributed by atoms with Crippen LogP contribution in [0.25, 0.3) is 12.2 Å². The Kier molecular flexibility index (Phi) is 3.70. The Hall–Kier alpha value is -2.57. The molecule has 6 heteroatoms. The number of hydrogen-bond acceptors (Lipinski definition) is 6. The number of phenolic OH excluding ortho intramolecular Hbond substituents is 1. The Bertz CT molecular complexity index is 776. The second-order valence-electron chi connectivity index (χ2n) is 4.97. The van der Waals surface area contributed by atoms with Crippen LogP contribution in [0.1, 0.15) is 29.4 Å². The lowest BCUT2D eigenvalue weighted by Crippen LogP contribution is -2.29. The van der Waals surface area contributed by atoms with Crippen molar-refractivity contribution >= 4 is 12.2 Å². The number of aliphatic hydroxyl groups excluding tert-OH is 2. The van der Waals surface area contributed by atoms with Gasteiger partial charge in [0, 0.05) is 12.5 Å². The molecule has 1 aliphatic heterocycles. The minimum atomic E-state index is -1.16. The van der Waals surface area contributed by atoms with Gasteiger partial charge < -0.3 is 24.5 Å². The van der Waals surface area contributed by atoms with Gasteiger partial charge in [0.15, 0.2) is 6.29 Å². The summed E-state index contributed by atoms with van der Waals surface area (Å²) in [7, 11) is 0. The summed E-state index contributed by atoms with van der Waals surface area (Å²) in [6.07, 6.45) is 0.843. The van der Waals surface area contributed by atoms with E-state index >= 15 is 0 Å². The van der Waals surface area contributed by atoms with Crippen molar-refractivity contribution in [1.29, 1.82) is 0 Å². The van der Waals surface area contributed by atoms with Gasteiger partial charge in [0.05, 0.1) is 6.10 Å². The van der Waals surface area contributed by atoms with Gasteiger partial charge in [0.2, 0.25) is 0 Å². The van der Waals surface area contributed by atoms with Crippen LogP contribution in [-0.2, 0) is 0 Å². The third-order valence-corrected chi connectivity index (χ3v) is 3.30. The predicted molar refractivity (Wildman–Crippen MR) is 78.2 cm³/mol. The van der Waals surface area contributed by atoms with Crippen LogP contribution >= 0.6 is 0 Å². The molecule has 2 aromatic rings. The predicted octanol–water partition coefficient (Wildman–Crippen LogP) is 1.65. The van der Waals surface area contributed by atoms with Gasteiger partial charge in [0.25, 0.3) is 0 Å². The number of phenols is 1. The highest BCUT2D eigenvalue weighted by Gasteiger charge is 2.29. The van der Waals surface area contributed by atoms with E-state index in [0.29, 0.717) is 0 Å². The van der Waals surface area contributed by atoms with Crippen LogP contribution in [0, 0.1) is 0 Å². The molecule has 0 bridgehead atoms. The molecule has 3 N–H and O–H groups in total. The monoisotopic (exact) mass is 302 g/mol. The fraction of sp³-hybridized carbons (Fsp3) is 0.188. The molecule has 0 aliphatic carbocycles. The van der Waals surface area contributed by atoms with Gasteiger partial charge in [-0.15, -0.1) is 0 Å². The molecule has 0 radical (unpaired) electrons. The number of benzene rings is 1. The topological polar surface area (TPSA) is 100 Å². The van der Waals surface area contributed by atoms with E-state index in [1.165, 1.54) is 12.1 Å². The summed E-state index contributed by atoms with van der Waals surface area (Å²) in [5.74, 6) is 0.454. The highest BCUT2D eigenvalue weighted by molar-refractivity contribution is 5.68. The number of rotatable bonds is 2. The van der Waals surface area contributed by atoms with Gasteiger partial charge in [-0.2, -0.15) is 0 Å². The van der Waals surface area contributed by atoms with Gasteiger partial charge in [-0.3, -0.25) is 0 Å². The summed E-state index contributed by atoms with van der Waals surface area (Å²) >= 11 is 0. The Morgan fingerprint density at radius 1 is 1.18 bits per heavy atom. The van der Waals surface area contributed by atoms with Gasteiger partial charge in [-0.25, -0.2) is 4.79 Å². The summed E-state index contributed by atoms with van der Waals surface area (Å²) in [5.41, 5.74) is 0.0358. The minimum absolute atomic E-state index is 0.0137. The molecule has 0 fully saturated rings. The third kappa shape index (κ3) is 2.88. The highest BCUT2D eigenvalue weighted by Crippen LogP contribution is 2.32. The standard InChI is InChI=1S/C16H14O6/c17-10-3-1-2-9(6-10)4-5-11-7-13-15(16(20)21-11)12(18)8-14(19)22-13/h1-7,12,14,17-19H,8H2/t12-,14+/m0/s1. The molecular formula is C16H14O6. The van der Waals surface area contributed by atoms with Crippen molar-refractivity contribution in [3.05, 3.63) is 57.6 Å². The first-order valence-corrected chi connectivity index (χ1v) is 6.71. The van der Waals surface area contributed by atoms with Crippen molar-refractivity contribution in [2.24, 2.45) is 0 Å². The van der Waals surface area contributed by atoms with E-state index in [-0.39, 0.29) is 29.2 Å². The van der Waals surface area contributed by atoms with Crippen LogP contribution in [0.3, 0.4) is 0 Å².